The van der Waals surface area contributed by atoms with E-state index in [4.69, 9.17) is 5.73 Å². The zero-order valence-corrected chi connectivity index (χ0v) is 10.3. The lowest BCUT2D eigenvalue weighted by atomic mass is 10.1. The number of aromatic nitrogens is 2. The highest BCUT2D eigenvalue weighted by atomic mass is 15.2. The number of fused-ring (bicyclic) bond motifs is 1. The highest BCUT2D eigenvalue weighted by Crippen LogP contribution is 2.23. The summed E-state index contributed by atoms with van der Waals surface area (Å²) >= 11 is 0. The number of nitrogens with two attached hydrogens (primary N) is 1. The Morgan fingerprint density at radius 2 is 2.11 bits per heavy atom. The van der Waals surface area contributed by atoms with Crippen molar-refractivity contribution in [2.24, 2.45) is 0 Å². The predicted molar refractivity (Wildman–Crippen MR) is 74.1 cm³/mol. The van der Waals surface area contributed by atoms with E-state index in [9.17, 15) is 0 Å². The van der Waals surface area contributed by atoms with Gasteiger partial charge in [-0.25, -0.2) is 4.98 Å². The highest BCUT2D eigenvalue weighted by Gasteiger charge is 2.17. The highest BCUT2D eigenvalue weighted by molar-refractivity contribution is 5.52. The van der Waals surface area contributed by atoms with Gasteiger partial charge in [0.05, 0.1) is 5.69 Å². The van der Waals surface area contributed by atoms with Gasteiger partial charge in [-0.05, 0) is 30.9 Å². The number of anilines is 1. The average Bonchev–Trinajstić information content (AvgIpc) is 2.97. The third-order valence-corrected chi connectivity index (χ3v) is 3.40. The van der Waals surface area contributed by atoms with E-state index in [1.807, 2.05) is 6.07 Å². The Labute approximate surface area is 107 Å². The van der Waals surface area contributed by atoms with Gasteiger partial charge >= 0.3 is 0 Å². The van der Waals surface area contributed by atoms with Crippen molar-refractivity contribution < 1.29 is 0 Å². The summed E-state index contributed by atoms with van der Waals surface area (Å²) in [6.45, 7) is 1.01. The van der Waals surface area contributed by atoms with Crippen molar-refractivity contribution in [3.05, 3.63) is 53.4 Å². The van der Waals surface area contributed by atoms with E-state index in [1.165, 1.54) is 17.7 Å². The maximum absolute atomic E-state index is 5.89. The fourth-order valence-electron chi connectivity index (χ4n) is 2.50. The second-order valence-corrected chi connectivity index (χ2v) is 4.65. The van der Waals surface area contributed by atoms with Crippen molar-refractivity contribution in [3.63, 3.8) is 0 Å². The molecule has 0 spiro atoms. The van der Waals surface area contributed by atoms with Crippen LogP contribution in [0.4, 0.5) is 5.95 Å². The van der Waals surface area contributed by atoms with Gasteiger partial charge < -0.3 is 10.3 Å². The lowest BCUT2D eigenvalue weighted by molar-refractivity contribution is 0.752. The summed E-state index contributed by atoms with van der Waals surface area (Å²) in [6.07, 6.45) is 7.47. The van der Waals surface area contributed by atoms with E-state index in [1.54, 1.807) is 0 Å². The molecule has 0 bridgehead atoms. The summed E-state index contributed by atoms with van der Waals surface area (Å²) in [5, 5.41) is 0. The van der Waals surface area contributed by atoms with E-state index in [0.29, 0.717) is 5.95 Å². The fourth-order valence-corrected chi connectivity index (χ4v) is 2.50. The minimum absolute atomic E-state index is 0.655. The fraction of sp³-hybridized carbons (Fsp3) is 0.267. The quantitative estimate of drug-likeness (QED) is 0.895. The maximum Gasteiger partial charge on any atom is 0.200 e. The minimum atomic E-state index is 0.655. The summed E-state index contributed by atoms with van der Waals surface area (Å²) in [4.78, 5) is 4.42. The van der Waals surface area contributed by atoms with Crippen molar-refractivity contribution in [2.75, 3.05) is 5.73 Å². The molecule has 0 aliphatic carbocycles. The van der Waals surface area contributed by atoms with Crippen LogP contribution in [0.1, 0.15) is 23.4 Å². The summed E-state index contributed by atoms with van der Waals surface area (Å²) in [7, 11) is 0. The molecule has 0 saturated heterocycles. The third-order valence-electron chi connectivity index (χ3n) is 3.40. The van der Waals surface area contributed by atoms with Crippen molar-refractivity contribution in [2.45, 2.75) is 25.8 Å². The van der Waals surface area contributed by atoms with Crippen molar-refractivity contribution in [1.29, 1.82) is 0 Å². The molecule has 2 aromatic rings. The van der Waals surface area contributed by atoms with Gasteiger partial charge in [-0.2, -0.15) is 0 Å². The van der Waals surface area contributed by atoms with Crippen molar-refractivity contribution >= 4 is 12.0 Å². The molecule has 2 N–H and O–H groups in total. The standard InChI is InChI=1S/C15H17N3/c16-15-17-13(14-10-5-11-18(14)15)9-4-8-12-6-2-1-3-7-12/h1-4,6-7,9H,5,8,10-11H2,(H2,16,17)/b9-4+. The Hall–Kier alpha value is -2.03. The lowest BCUT2D eigenvalue weighted by Crippen LogP contribution is -1.99. The summed E-state index contributed by atoms with van der Waals surface area (Å²) in [6, 6.07) is 10.4. The molecule has 0 radical (unpaired) electrons. The Kier molecular flexibility index (Phi) is 2.89. The van der Waals surface area contributed by atoms with E-state index < -0.39 is 0 Å². The van der Waals surface area contributed by atoms with Gasteiger partial charge in [0.25, 0.3) is 0 Å². The largest absolute Gasteiger partial charge is 0.369 e. The first-order valence-electron chi connectivity index (χ1n) is 6.40. The summed E-state index contributed by atoms with van der Waals surface area (Å²) in [5.41, 5.74) is 9.54. The monoisotopic (exact) mass is 239 g/mol. The van der Waals surface area contributed by atoms with Crippen molar-refractivity contribution in [3.8, 4) is 0 Å². The van der Waals surface area contributed by atoms with Crippen LogP contribution in [0, 0.1) is 0 Å². The smallest absolute Gasteiger partial charge is 0.200 e. The van der Waals surface area contributed by atoms with Gasteiger partial charge in [0, 0.05) is 12.2 Å². The topological polar surface area (TPSA) is 43.8 Å². The number of benzene rings is 1. The molecule has 0 fully saturated rings. The summed E-state index contributed by atoms with van der Waals surface area (Å²) in [5.74, 6) is 0.655. The molecule has 2 heterocycles. The zero-order valence-electron chi connectivity index (χ0n) is 10.3. The second kappa shape index (κ2) is 4.69. The number of rotatable bonds is 3. The summed E-state index contributed by atoms with van der Waals surface area (Å²) < 4.78 is 2.13. The molecule has 1 aromatic heterocycles. The molecule has 1 aromatic carbocycles. The lowest BCUT2D eigenvalue weighted by Gasteiger charge is -1.96. The Morgan fingerprint density at radius 3 is 2.94 bits per heavy atom. The maximum atomic E-state index is 5.89. The first kappa shape index (κ1) is 11.1. The van der Waals surface area contributed by atoms with Crippen LogP contribution in [-0.4, -0.2) is 9.55 Å². The van der Waals surface area contributed by atoms with Crippen LogP contribution >= 0.6 is 0 Å². The number of hydrogen-bond acceptors (Lipinski definition) is 2. The van der Waals surface area contributed by atoms with Gasteiger partial charge in [-0.15, -0.1) is 0 Å². The molecule has 3 rings (SSSR count). The number of allylic oxidation sites excluding steroid dienone is 1. The van der Waals surface area contributed by atoms with Gasteiger partial charge in [0.2, 0.25) is 5.95 Å². The molecular weight excluding hydrogens is 222 g/mol. The molecular formula is C15H17N3. The predicted octanol–water partition coefficient (Wildman–Crippen LogP) is 2.67. The molecule has 3 nitrogen and oxygen atoms in total. The normalized spacial score (nSPS) is 14.2. The molecule has 0 atom stereocenters. The van der Waals surface area contributed by atoms with E-state index >= 15 is 0 Å². The molecule has 0 amide bonds. The molecule has 0 saturated carbocycles. The first-order valence-corrected chi connectivity index (χ1v) is 6.40. The van der Waals surface area contributed by atoms with Crippen LogP contribution in [0.2, 0.25) is 0 Å². The molecule has 92 valence electrons. The average molecular weight is 239 g/mol. The Morgan fingerprint density at radius 1 is 1.28 bits per heavy atom. The number of imidazole rings is 1. The van der Waals surface area contributed by atoms with Crippen LogP contribution in [0.15, 0.2) is 36.4 Å². The molecule has 1 aliphatic heterocycles. The van der Waals surface area contributed by atoms with Crippen LogP contribution in [0.25, 0.3) is 6.08 Å². The third kappa shape index (κ3) is 2.04. The number of hydrogen-bond donors (Lipinski definition) is 1. The van der Waals surface area contributed by atoms with Gasteiger partial charge in [-0.3, -0.25) is 0 Å². The first-order chi connectivity index (χ1) is 8.84. The Balaban J connectivity index is 1.75. The van der Waals surface area contributed by atoms with Crippen LogP contribution in [0.5, 0.6) is 0 Å². The molecule has 18 heavy (non-hydrogen) atoms. The van der Waals surface area contributed by atoms with E-state index in [2.05, 4.69) is 46.0 Å². The van der Waals surface area contributed by atoms with E-state index in [0.717, 1.165) is 25.1 Å². The van der Waals surface area contributed by atoms with Gasteiger partial charge in [0.1, 0.15) is 0 Å². The van der Waals surface area contributed by atoms with Crippen molar-refractivity contribution in [1.82, 2.24) is 9.55 Å². The van der Waals surface area contributed by atoms with Gasteiger partial charge in [0.15, 0.2) is 0 Å². The number of nitrogen functional groups attached to an aromatic ring is 1. The SMILES string of the molecule is Nc1nc(/C=C/Cc2ccccc2)c2n1CCC2. The van der Waals surface area contributed by atoms with Crippen LogP contribution in [-0.2, 0) is 19.4 Å². The molecule has 3 heteroatoms. The minimum Gasteiger partial charge on any atom is -0.369 e. The Bertz CT molecular complexity index is 567. The van der Waals surface area contributed by atoms with Crippen LogP contribution < -0.4 is 5.73 Å². The van der Waals surface area contributed by atoms with Crippen LogP contribution in [0.3, 0.4) is 0 Å². The van der Waals surface area contributed by atoms with E-state index in [-0.39, 0.29) is 0 Å². The zero-order chi connectivity index (χ0) is 12.4. The molecule has 1 aliphatic rings. The molecule has 0 unspecified atom stereocenters. The van der Waals surface area contributed by atoms with Gasteiger partial charge in [-0.1, -0.05) is 36.4 Å². The second-order valence-electron chi connectivity index (χ2n) is 4.65. The number of nitrogens with zero attached hydrogens (tertiary/aromatic N) is 2.